The second-order valence-corrected chi connectivity index (χ2v) is 5.78. The quantitative estimate of drug-likeness (QED) is 0.791. The molecule has 1 amide bonds. The van der Waals surface area contributed by atoms with Crippen LogP contribution in [0.25, 0.3) is 0 Å². The summed E-state index contributed by atoms with van der Waals surface area (Å²) in [6.07, 6.45) is 1.16. The number of carboxylic acid groups (broad SMARTS) is 1. The van der Waals surface area contributed by atoms with Crippen LogP contribution in [0.2, 0.25) is 0 Å². The maximum Gasteiger partial charge on any atom is 0.311 e. The van der Waals surface area contributed by atoms with Crippen molar-refractivity contribution in [2.45, 2.75) is 26.4 Å². The highest BCUT2D eigenvalue weighted by molar-refractivity contribution is 5.97. The van der Waals surface area contributed by atoms with Gasteiger partial charge in [-0.15, -0.1) is 0 Å². The summed E-state index contributed by atoms with van der Waals surface area (Å²) < 4.78 is 10.5. The maximum atomic E-state index is 12.3. The summed E-state index contributed by atoms with van der Waals surface area (Å²) >= 11 is 0. The molecule has 0 bridgehead atoms. The summed E-state index contributed by atoms with van der Waals surface area (Å²) in [5.74, 6) is -0.0617. The number of amides is 1. The Kier molecular flexibility index (Phi) is 4.20. The Morgan fingerprint density at radius 3 is 2.75 bits per heavy atom. The minimum Gasteiger partial charge on any atom is -0.485 e. The first-order valence-corrected chi connectivity index (χ1v) is 7.53. The molecule has 1 fully saturated rings. The highest BCUT2D eigenvalue weighted by Crippen LogP contribution is 2.45. The van der Waals surface area contributed by atoms with E-state index in [1.54, 1.807) is 31.2 Å². The number of hydrogen-bond donors (Lipinski definition) is 2. The Labute approximate surface area is 137 Å². The van der Waals surface area contributed by atoms with E-state index in [9.17, 15) is 9.59 Å². The lowest BCUT2D eigenvalue weighted by molar-refractivity contribution is -0.143. The molecule has 0 radical (unpaired) electrons. The molecular weight excluding hydrogens is 314 g/mol. The maximum absolute atomic E-state index is 12.3. The molecule has 24 heavy (non-hydrogen) atoms. The summed E-state index contributed by atoms with van der Waals surface area (Å²) in [5.41, 5.74) is -0.480. The van der Waals surface area contributed by atoms with Gasteiger partial charge in [-0.1, -0.05) is 17.3 Å². The number of benzene rings is 1. The number of carbonyl (C=O) groups excluding carboxylic acids is 1. The summed E-state index contributed by atoms with van der Waals surface area (Å²) in [7, 11) is 0. The topological polar surface area (TPSA) is 115 Å². The molecule has 1 aromatic heterocycles. The van der Waals surface area contributed by atoms with E-state index < -0.39 is 11.4 Å². The molecule has 1 aliphatic carbocycles. The van der Waals surface area contributed by atoms with E-state index in [1.807, 2.05) is 0 Å². The van der Waals surface area contributed by atoms with Gasteiger partial charge in [-0.25, -0.2) is 0 Å². The Morgan fingerprint density at radius 2 is 2.12 bits per heavy atom. The molecule has 2 N–H and O–H groups in total. The SMILES string of the molecule is Cc1nc(COc2ccccc2C(=O)NCC2(C(=O)O)CC2)no1. The van der Waals surface area contributed by atoms with Crippen LogP contribution in [-0.4, -0.2) is 33.7 Å². The van der Waals surface area contributed by atoms with Gasteiger partial charge in [-0.3, -0.25) is 9.59 Å². The normalized spacial score (nSPS) is 14.9. The van der Waals surface area contributed by atoms with Crippen LogP contribution in [-0.2, 0) is 11.4 Å². The van der Waals surface area contributed by atoms with E-state index in [0.717, 1.165) is 0 Å². The number of carboxylic acids is 1. The van der Waals surface area contributed by atoms with Crippen LogP contribution in [0, 0.1) is 12.3 Å². The molecule has 1 saturated carbocycles. The van der Waals surface area contributed by atoms with Gasteiger partial charge >= 0.3 is 5.97 Å². The summed E-state index contributed by atoms with van der Waals surface area (Å²) in [6, 6.07) is 6.73. The number of ether oxygens (including phenoxy) is 1. The van der Waals surface area contributed by atoms with Crippen molar-refractivity contribution < 1.29 is 24.0 Å². The van der Waals surface area contributed by atoms with Gasteiger partial charge in [0.25, 0.3) is 5.91 Å². The second-order valence-electron chi connectivity index (χ2n) is 5.78. The van der Waals surface area contributed by atoms with E-state index in [0.29, 0.717) is 35.9 Å². The third-order valence-electron chi connectivity index (χ3n) is 3.95. The zero-order valence-corrected chi connectivity index (χ0v) is 13.1. The number of nitrogens with one attached hydrogen (secondary N) is 1. The van der Waals surface area contributed by atoms with Gasteiger partial charge in [0, 0.05) is 13.5 Å². The fraction of sp³-hybridized carbons (Fsp3) is 0.375. The number of aryl methyl sites for hydroxylation is 1. The predicted molar refractivity (Wildman–Crippen MR) is 81.4 cm³/mol. The lowest BCUT2D eigenvalue weighted by Crippen LogP contribution is -2.34. The van der Waals surface area contributed by atoms with Gasteiger partial charge in [-0.2, -0.15) is 4.98 Å². The van der Waals surface area contributed by atoms with Crippen molar-refractivity contribution in [1.29, 1.82) is 0 Å². The van der Waals surface area contributed by atoms with Crippen molar-refractivity contribution in [3.8, 4) is 5.75 Å². The molecule has 8 nitrogen and oxygen atoms in total. The van der Waals surface area contributed by atoms with Crippen molar-refractivity contribution >= 4 is 11.9 Å². The number of hydrogen-bond acceptors (Lipinski definition) is 6. The highest BCUT2D eigenvalue weighted by atomic mass is 16.5. The summed E-state index contributed by atoms with van der Waals surface area (Å²) in [6.45, 7) is 1.86. The number of aromatic nitrogens is 2. The monoisotopic (exact) mass is 331 g/mol. The molecule has 0 atom stereocenters. The summed E-state index contributed by atoms with van der Waals surface area (Å²) in [4.78, 5) is 27.5. The Morgan fingerprint density at radius 1 is 1.38 bits per heavy atom. The van der Waals surface area contributed by atoms with E-state index in [-0.39, 0.29) is 19.1 Å². The fourth-order valence-electron chi connectivity index (χ4n) is 2.28. The molecule has 2 aromatic rings. The predicted octanol–water partition coefficient (Wildman–Crippen LogP) is 1.55. The van der Waals surface area contributed by atoms with E-state index in [4.69, 9.17) is 14.4 Å². The largest absolute Gasteiger partial charge is 0.485 e. The molecule has 0 saturated heterocycles. The fourth-order valence-corrected chi connectivity index (χ4v) is 2.28. The van der Waals surface area contributed by atoms with Crippen LogP contribution < -0.4 is 10.1 Å². The average Bonchev–Trinajstić information content (AvgIpc) is 3.27. The van der Waals surface area contributed by atoms with E-state index in [1.165, 1.54) is 0 Å². The van der Waals surface area contributed by atoms with Crippen LogP contribution >= 0.6 is 0 Å². The highest BCUT2D eigenvalue weighted by Gasteiger charge is 2.50. The minimum absolute atomic E-state index is 0.0701. The van der Waals surface area contributed by atoms with Crippen LogP contribution in [0.5, 0.6) is 5.75 Å². The third-order valence-corrected chi connectivity index (χ3v) is 3.95. The zero-order chi connectivity index (χ0) is 17.2. The van der Waals surface area contributed by atoms with Gasteiger partial charge in [0.2, 0.25) is 11.7 Å². The van der Waals surface area contributed by atoms with Gasteiger partial charge in [-0.05, 0) is 25.0 Å². The molecule has 3 rings (SSSR count). The lowest BCUT2D eigenvalue weighted by atomic mass is 10.1. The van der Waals surface area contributed by atoms with Gasteiger partial charge in [0.05, 0.1) is 11.0 Å². The zero-order valence-electron chi connectivity index (χ0n) is 13.1. The minimum atomic E-state index is -0.875. The first-order valence-electron chi connectivity index (χ1n) is 7.53. The van der Waals surface area contributed by atoms with Crippen LogP contribution in [0.4, 0.5) is 0 Å². The smallest absolute Gasteiger partial charge is 0.311 e. The molecule has 0 aliphatic heterocycles. The molecule has 1 aliphatic rings. The van der Waals surface area contributed by atoms with Crippen molar-refractivity contribution in [3.05, 3.63) is 41.5 Å². The first-order chi connectivity index (χ1) is 11.5. The summed E-state index contributed by atoms with van der Waals surface area (Å²) in [5, 5.41) is 15.6. The van der Waals surface area contributed by atoms with Gasteiger partial charge in [0.15, 0.2) is 6.61 Å². The Bertz CT molecular complexity index is 767. The number of aliphatic carboxylic acids is 1. The molecule has 0 unspecified atom stereocenters. The number of nitrogens with zero attached hydrogens (tertiary/aromatic N) is 2. The van der Waals surface area contributed by atoms with Crippen LogP contribution in [0.1, 0.15) is 34.9 Å². The van der Waals surface area contributed by atoms with Crippen molar-refractivity contribution in [2.75, 3.05) is 6.54 Å². The molecule has 0 spiro atoms. The molecule has 126 valence electrons. The molecule has 8 heteroatoms. The number of rotatable bonds is 7. The molecule has 1 aromatic carbocycles. The standard InChI is InChI=1S/C16H17N3O5/c1-10-18-13(19-24-10)8-23-12-5-3-2-4-11(12)14(20)17-9-16(6-7-16)15(21)22/h2-5H,6-9H2,1H3,(H,17,20)(H,21,22). The van der Waals surface area contributed by atoms with Crippen molar-refractivity contribution in [3.63, 3.8) is 0 Å². The number of carbonyl (C=O) groups is 2. The van der Waals surface area contributed by atoms with Crippen molar-refractivity contribution in [2.24, 2.45) is 5.41 Å². The van der Waals surface area contributed by atoms with E-state index >= 15 is 0 Å². The lowest BCUT2D eigenvalue weighted by Gasteiger charge is -2.13. The number of para-hydroxylation sites is 1. The average molecular weight is 331 g/mol. The molecular formula is C16H17N3O5. The second kappa shape index (κ2) is 6.31. The molecule has 1 heterocycles. The van der Waals surface area contributed by atoms with Crippen LogP contribution in [0.15, 0.2) is 28.8 Å². The van der Waals surface area contributed by atoms with Gasteiger partial charge < -0.3 is 19.7 Å². The van der Waals surface area contributed by atoms with Crippen molar-refractivity contribution in [1.82, 2.24) is 15.5 Å². The first kappa shape index (κ1) is 16.0. The van der Waals surface area contributed by atoms with Crippen LogP contribution in [0.3, 0.4) is 0 Å². The van der Waals surface area contributed by atoms with Gasteiger partial charge in [0.1, 0.15) is 5.75 Å². The van der Waals surface area contributed by atoms with E-state index in [2.05, 4.69) is 15.5 Å². The Hall–Kier alpha value is -2.90. The third kappa shape index (κ3) is 3.37. The Balaban J connectivity index is 1.64.